The molecule has 0 aliphatic rings. The van der Waals surface area contributed by atoms with E-state index in [0.29, 0.717) is 0 Å². The fourth-order valence-corrected chi connectivity index (χ4v) is 10.1. The molecule has 1 nitrogen and oxygen atoms in total. The van der Waals surface area contributed by atoms with Gasteiger partial charge in [-0.15, -0.1) is 0 Å². The standard InChI is InChI=1S/C63H47N/c1-2-3-4-5-9-26-51-52-27-12-14-29-54(52)62(55-30-15-13-28-53(51)55)46-36-40-48(41-37-46)64(60-35-20-24-44-21-10-11-25-50(44)60)49-42-38-47(39-43-49)63-58-33-18-16-31-56(58)61(45-22-7-6-8-23-45)57-32-17-19-34-59(57)63/h2-8,10-25,27-43H,9,26H2,1H3/b3-2-,5-4?. The van der Waals surface area contributed by atoms with Crippen molar-refractivity contribution in [3.05, 3.63) is 248 Å². The molecule has 0 N–H and O–H groups in total. The minimum absolute atomic E-state index is 0.985. The van der Waals surface area contributed by atoms with Gasteiger partial charge in [0.05, 0.1) is 5.69 Å². The van der Waals surface area contributed by atoms with E-state index in [2.05, 4.69) is 255 Å². The van der Waals surface area contributed by atoms with E-state index >= 15 is 0 Å². The van der Waals surface area contributed by atoms with Crippen molar-refractivity contribution in [1.82, 2.24) is 0 Å². The minimum atomic E-state index is 0.985. The summed E-state index contributed by atoms with van der Waals surface area (Å²) in [6.45, 7) is 2.06. The fraction of sp³-hybridized carbons (Fsp3) is 0.0476. The second-order valence-electron chi connectivity index (χ2n) is 16.6. The van der Waals surface area contributed by atoms with Gasteiger partial charge in [-0.25, -0.2) is 0 Å². The second-order valence-corrected chi connectivity index (χ2v) is 16.6. The Hall–Kier alpha value is -8.00. The molecular formula is C63H47N. The highest BCUT2D eigenvalue weighted by Crippen LogP contribution is 2.46. The Balaban J connectivity index is 1.05. The van der Waals surface area contributed by atoms with E-state index in [-0.39, 0.29) is 0 Å². The Morgan fingerprint density at radius 3 is 1.22 bits per heavy atom. The molecule has 11 rings (SSSR count). The topological polar surface area (TPSA) is 3.24 Å². The lowest BCUT2D eigenvalue weighted by molar-refractivity contribution is 1.02. The fourth-order valence-electron chi connectivity index (χ4n) is 10.1. The Morgan fingerprint density at radius 2 is 0.734 bits per heavy atom. The van der Waals surface area contributed by atoms with Crippen LogP contribution in [0.2, 0.25) is 0 Å². The first kappa shape index (κ1) is 38.9. The molecule has 0 atom stereocenters. The Morgan fingerprint density at radius 1 is 0.344 bits per heavy atom. The van der Waals surface area contributed by atoms with E-state index in [4.69, 9.17) is 0 Å². The molecule has 304 valence electrons. The first-order chi connectivity index (χ1) is 31.8. The molecule has 0 bridgehead atoms. The first-order valence-electron chi connectivity index (χ1n) is 22.4. The number of rotatable bonds is 10. The van der Waals surface area contributed by atoms with Gasteiger partial charge < -0.3 is 4.90 Å². The highest BCUT2D eigenvalue weighted by atomic mass is 15.1. The van der Waals surface area contributed by atoms with Crippen LogP contribution in [0.5, 0.6) is 0 Å². The molecule has 0 unspecified atom stereocenters. The van der Waals surface area contributed by atoms with Gasteiger partial charge in [0.2, 0.25) is 0 Å². The third-order valence-corrected chi connectivity index (χ3v) is 12.9. The minimum Gasteiger partial charge on any atom is -0.310 e. The molecule has 0 amide bonds. The average molecular weight is 818 g/mol. The predicted molar refractivity (Wildman–Crippen MR) is 277 cm³/mol. The number of hydrogen-bond donors (Lipinski definition) is 0. The summed E-state index contributed by atoms with van der Waals surface area (Å²) in [7, 11) is 0. The lowest BCUT2D eigenvalue weighted by Crippen LogP contribution is -2.10. The van der Waals surface area contributed by atoms with Crippen molar-refractivity contribution in [3.63, 3.8) is 0 Å². The van der Waals surface area contributed by atoms with Crippen molar-refractivity contribution < 1.29 is 0 Å². The Labute approximate surface area is 375 Å². The highest BCUT2D eigenvalue weighted by molar-refractivity contribution is 6.21. The van der Waals surface area contributed by atoms with Gasteiger partial charge in [0.15, 0.2) is 0 Å². The second kappa shape index (κ2) is 17.0. The molecule has 64 heavy (non-hydrogen) atoms. The number of benzene rings is 11. The van der Waals surface area contributed by atoms with E-state index < -0.39 is 0 Å². The number of anilines is 3. The van der Waals surface area contributed by atoms with Crippen LogP contribution in [-0.2, 0) is 6.42 Å². The van der Waals surface area contributed by atoms with Crippen molar-refractivity contribution in [2.75, 3.05) is 4.90 Å². The van der Waals surface area contributed by atoms with Crippen LogP contribution < -0.4 is 4.90 Å². The van der Waals surface area contributed by atoms with E-state index in [1.807, 2.05) is 0 Å². The number of nitrogens with zero attached hydrogens (tertiary/aromatic N) is 1. The van der Waals surface area contributed by atoms with Crippen LogP contribution in [0.3, 0.4) is 0 Å². The molecule has 0 aliphatic carbocycles. The van der Waals surface area contributed by atoms with Gasteiger partial charge in [0.25, 0.3) is 0 Å². The summed E-state index contributed by atoms with van der Waals surface area (Å²) in [4.78, 5) is 2.42. The zero-order valence-corrected chi connectivity index (χ0v) is 36.0. The summed E-state index contributed by atoms with van der Waals surface area (Å²) >= 11 is 0. The van der Waals surface area contributed by atoms with Crippen molar-refractivity contribution in [3.8, 4) is 33.4 Å². The van der Waals surface area contributed by atoms with E-state index in [1.165, 1.54) is 92.8 Å². The van der Waals surface area contributed by atoms with Crippen molar-refractivity contribution >= 4 is 70.9 Å². The van der Waals surface area contributed by atoms with Crippen molar-refractivity contribution in [1.29, 1.82) is 0 Å². The van der Waals surface area contributed by atoms with Crippen molar-refractivity contribution in [2.45, 2.75) is 19.8 Å². The van der Waals surface area contributed by atoms with Gasteiger partial charge in [0.1, 0.15) is 0 Å². The number of allylic oxidation sites excluding steroid dienone is 4. The molecule has 0 spiro atoms. The SMILES string of the molecule is C/C=C\C=CCCc1c2ccccc2c(-c2ccc(N(c3ccc(-c4c5ccccc5c(-c5ccccc5)c5ccccc45)cc3)c3cccc4ccccc34)cc2)c2ccccc12. The lowest BCUT2D eigenvalue weighted by atomic mass is 9.86. The predicted octanol–water partition coefficient (Wildman–Crippen LogP) is 18.0. The maximum Gasteiger partial charge on any atom is 0.0540 e. The summed E-state index contributed by atoms with van der Waals surface area (Å²) in [6.07, 6.45) is 10.6. The largest absolute Gasteiger partial charge is 0.310 e. The van der Waals surface area contributed by atoms with Gasteiger partial charge in [-0.05, 0) is 138 Å². The highest BCUT2D eigenvalue weighted by Gasteiger charge is 2.20. The summed E-state index contributed by atoms with van der Waals surface area (Å²) in [6, 6.07) is 80.4. The molecular weight excluding hydrogens is 771 g/mol. The zero-order valence-electron chi connectivity index (χ0n) is 36.0. The van der Waals surface area contributed by atoms with E-state index in [0.717, 1.165) is 29.9 Å². The van der Waals surface area contributed by atoms with E-state index in [9.17, 15) is 0 Å². The molecule has 0 fully saturated rings. The van der Waals surface area contributed by atoms with Crippen LogP contribution in [0.25, 0.3) is 87.2 Å². The molecule has 11 aromatic rings. The van der Waals surface area contributed by atoms with Gasteiger partial charge in [-0.3, -0.25) is 0 Å². The number of hydrogen-bond acceptors (Lipinski definition) is 1. The first-order valence-corrected chi connectivity index (χ1v) is 22.4. The van der Waals surface area contributed by atoms with Crippen LogP contribution >= 0.6 is 0 Å². The molecule has 0 aliphatic heterocycles. The molecule has 11 aromatic carbocycles. The lowest BCUT2D eigenvalue weighted by Gasteiger charge is -2.27. The summed E-state index contributed by atoms with van der Waals surface area (Å²) < 4.78 is 0. The molecule has 0 aromatic heterocycles. The number of aryl methyl sites for hydroxylation is 1. The molecule has 0 radical (unpaired) electrons. The monoisotopic (exact) mass is 817 g/mol. The third kappa shape index (κ3) is 6.93. The average Bonchev–Trinajstić information content (AvgIpc) is 3.36. The van der Waals surface area contributed by atoms with Gasteiger partial charge in [0, 0.05) is 16.8 Å². The molecule has 0 saturated carbocycles. The van der Waals surface area contributed by atoms with E-state index in [1.54, 1.807) is 0 Å². The molecule has 1 heteroatoms. The Kier molecular flexibility index (Phi) is 10.4. The molecule has 0 saturated heterocycles. The molecule has 0 heterocycles. The van der Waals surface area contributed by atoms with Crippen LogP contribution in [0, 0.1) is 0 Å². The number of fused-ring (bicyclic) bond motifs is 5. The summed E-state index contributed by atoms with van der Waals surface area (Å²) in [5.41, 5.74) is 12.2. The maximum absolute atomic E-state index is 2.42. The maximum atomic E-state index is 2.42. The smallest absolute Gasteiger partial charge is 0.0540 e. The van der Waals surface area contributed by atoms with Crippen LogP contribution in [0.4, 0.5) is 17.1 Å². The van der Waals surface area contributed by atoms with Gasteiger partial charge in [-0.1, -0.05) is 212 Å². The van der Waals surface area contributed by atoms with Crippen LogP contribution in [0.1, 0.15) is 18.9 Å². The summed E-state index contributed by atoms with van der Waals surface area (Å²) in [5, 5.41) is 12.7. The van der Waals surface area contributed by atoms with Gasteiger partial charge >= 0.3 is 0 Å². The van der Waals surface area contributed by atoms with Crippen LogP contribution in [0.15, 0.2) is 243 Å². The third-order valence-electron chi connectivity index (χ3n) is 12.9. The van der Waals surface area contributed by atoms with Gasteiger partial charge in [-0.2, -0.15) is 0 Å². The normalized spacial score (nSPS) is 11.8. The zero-order chi connectivity index (χ0) is 42.8. The Bertz CT molecular complexity index is 3420. The quantitative estimate of drug-likeness (QED) is 0.0982. The van der Waals surface area contributed by atoms with Crippen molar-refractivity contribution in [2.24, 2.45) is 0 Å². The summed E-state index contributed by atoms with van der Waals surface area (Å²) in [5.74, 6) is 0. The van der Waals surface area contributed by atoms with Crippen LogP contribution in [-0.4, -0.2) is 0 Å².